The fraction of sp³-hybridized carbons (Fsp3) is 0.526. The van der Waals surface area contributed by atoms with Gasteiger partial charge >= 0.3 is 0 Å². The number of nitrogens with zero attached hydrogens (tertiary/aromatic N) is 4. The van der Waals surface area contributed by atoms with E-state index in [1.54, 1.807) is 22.2 Å². The van der Waals surface area contributed by atoms with E-state index in [1.165, 1.54) is 11.3 Å². The van der Waals surface area contributed by atoms with Crippen molar-refractivity contribution in [3.05, 3.63) is 40.4 Å². The number of carbonyl (C=O) groups is 1. The molecule has 0 N–H and O–H groups in total. The van der Waals surface area contributed by atoms with E-state index in [0.717, 1.165) is 25.8 Å². The lowest BCUT2D eigenvalue weighted by atomic mass is 10.1. The second-order valence-electron chi connectivity index (χ2n) is 7.51. The third-order valence-corrected chi connectivity index (χ3v) is 5.32. The van der Waals surface area contributed by atoms with Crippen LogP contribution in [-0.4, -0.2) is 38.4 Å². The molecule has 6 heteroatoms. The van der Waals surface area contributed by atoms with Crippen LogP contribution in [0.25, 0.3) is 6.08 Å². The molecule has 2 aromatic rings. The molecule has 0 spiro atoms. The van der Waals surface area contributed by atoms with E-state index in [-0.39, 0.29) is 17.5 Å². The van der Waals surface area contributed by atoms with Crippen molar-refractivity contribution in [3.63, 3.8) is 0 Å². The molecule has 0 bridgehead atoms. The molecule has 1 saturated heterocycles. The van der Waals surface area contributed by atoms with Crippen LogP contribution >= 0.6 is 11.3 Å². The number of carbonyl (C=O) groups excluding carboxylic acids is 1. The average molecular weight is 359 g/mol. The number of aromatic nitrogens is 3. The second kappa shape index (κ2) is 7.52. The topological polar surface area (TPSA) is 51.0 Å². The van der Waals surface area contributed by atoms with Gasteiger partial charge in [0.2, 0.25) is 0 Å². The van der Waals surface area contributed by atoms with Crippen LogP contribution in [0, 0.1) is 0 Å². The highest BCUT2D eigenvalue weighted by Crippen LogP contribution is 2.22. The molecule has 134 valence electrons. The van der Waals surface area contributed by atoms with Crippen molar-refractivity contribution in [1.82, 2.24) is 19.9 Å². The number of likely N-dealkylation sites (tertiary alicyclic amines) is 1. The Bertz CT molecular complexity index is 727. The predicted molar refractivity (Wildman–Crippen MR) is 102 cm³/mol. The molecule has 3 heterocycles. The zero-order valence-electron chi connectivity index (χ0n) is 15.2. The smallest absolute Gasteiger partial charge is 0.276 e. The fourth-order valence-corrected chi connectivity index (χ4v) is 3.64. The summed E-state index contributed by atoms with van der Waals surface area (Å²) in [6, 6.07) is 4.27. The summed E-state index contributed by atoms with van der Waals surface area (Å²) < 4.78 is 1.76. The molecule has 1 amide bonds. The zero-order chi connectivity index (χ0) is 17.9. The molecule has 25 heavy (non-hydrogen) atoms. The third kappa shape index (κ3) is 4.37. The molecule has 0 saturated carbocycles. The van der Waals surface area contributed by atoms with Crippen LogP contribution < -0.4 is 0 Å². The first-order chi connectivity index (χ1) is 11.9. The molecule has 3 rings (SSSR count). The zero-order valence-corrected chi connectivity index (χ0v) is 16.0. The summed E-state index contributed by atoms with van der Waals surface area (Å²) in [7, 11) is 0. The number of hydrogen-bond donors (Lipinski definition) is 0. The Balaban J connectivity index is 1.80. The third-order valence-electron chi connectivity index (χ3n) is 4.49. The van der Waals surface area contributed by atoms with Gasteiger partial charge < -0.3 is 4.90 Å². The highest BCUT2D eigenvalue weighted by Gasteiger charge is 2.27. The molecule has 2 aromatic heterocycles. The Labute approximate surface area is 153 Å². The molecule has 0 radical (unpaired) electrons. The summed E-state index contributed by atoms with van der Waals surface area (Å²) in [5.41, 5.74) is 0.259. The van der Waals surface area contributed by atoms with Gasteiger partial charge in [-0.2, -0.15) is 0 Å². The van der Waals surface area contributed by atoms with Gasteiger partial charge in [0.05, 0.1) is 17.8 Å². The molecule has 0 aliphatic carbocycles. The van der Waals surface area contributed by atoms with E-state index >= 15 is 0 Å². The minimum atomic E-state index is -0.178. The predicted octanol–water partition coefficient (Wildman–Crippen LogP) is 4.19. The average Bonchev–Trinajstić information content (AvgIpc) is 3.20. The van der Waals surface area contributed by atoms with Gasteiger partial charge in [0.25, 0.3) is 5.91 Å². The van der Waals surface area contributed by atoms with Crippen molar-refractivity contribution < 1.29 is 4.79 Å². The standard InChI is InChI=1S/C19H26N4OS/c1-19(2,3)23-14-17(20-21-23)18(24)22-12-6-4-5-8-15(22)10-11-16-9-7-13-25-16/h7,9-11,13-15H,4-6,8,12H2,1-3H3. The second-order valence-corrected chi connectivity index (χ2v) is 8.49. The van der Waals surface area contributed by atoms with Crippen LogP contribution in [0.4, 0.5) is 0 Å². The van der Waals surface area contributed by atoms with E-state index in [0.29, 0.717) is 5.69 Å². The van der Waals surface area contributed by atoms with Crippen molar-refractivity contribution in [1.29, 1.82) is 0 Å². The Hall–Kier alpha value is -1.95. The lowest BCUT2D eigenvalue weighted by Crippen LogP contribution is -2.39. The van der Waals surface area contributed by atoms with Gasteiger partial charge in [-0.15, -0.1) is 16.4 Å². The fourth-order valence-electron chi connectivity index (χ4n) is 3.02. The minimum absolute atomic E-state index is 0.0155. The highest BCUT2D eigenvalue weighted by molar-refractivity contribution is 7.10. The molecule has 0 aromatic carbocycles. The van der Waals surface area contributed by atoms with Gasteiger partial charge in [-0.3, -0.25) is 4.79 Å². The Morgan fingerprint density at radius 2 is 2.16 bits per heavy atom. The maximum absolute atomic E-state index is 13.0. The summed E-state index contributed by atoms with van der Waals surface area (Å²) in [5, 5.41) is 10.3. The summed E-state index contributed by atoms with van der Waals surface area (Å²) >= 11 is 1.71. The van der Waals surface area contributed by atoms with Gasteiger partial charge in [-0.1, -0.05) is 30.2 Å². The largest absolute Gasteiger partial charge is 0.331 e. The summed E-state index contributed by atoms with van der Waals surface area (Å²) in [6.07, 6.45) is 10.4. The first kappa shape index (κ1) is 17.9. The number of thiophene rings is 1. The normalized spacial score (nSPS) is 19.3. The van der Waals surface area contributed by atoms with Crippen molar-refractivity contribution >= 4 is 23.3 Å². The van der Waals surface area contributed by atoms with Crippen molar-refractivity contribution in [2.45, 2.75) is 58.0 Å². The Morgan fingerprint density at radius 1 is 1.32 bits per heavy atom. The SMILES string of the molecule is CC(C)(C)n1cc(C(=O)N2CCCCCC2C=Cc2cccs2)nn1. The first-order valence-corrected chi connectivity index (χ1v) is 9.78. The minimum Gasteiger partial charge on any atom is -0.331 e. The summed E-state index contributed by atoms with van der Waals surface area (Å²) in [4.78, 5) is 16.2. The summed E-state index contributed by atoms with van der Waals surface area (Å²) in [5.74, 6) is -0.0155. The lowest BCUT2D eigenvalue weighted by molar-refractivity contribution is 0.0712. The van der Waals surface area contributed by atoms with E-state index in [9.17, 15) is 4.79 Å². The highest BCUT2D eigenvalue weighted by atomic mass is 32.1. The van der Waals surface area contributed by atoms with Gasteiger partial charge in [0, 0.05) is 11.4 Å². The molecule has 1 aliphatic heterocycles. The van der Waals surface area contributed by atoms with Gasteiger partial charge in [-0.25, -0.2) is 4.68 Å². The number of rotatable bonds is 3. The van der Waals surface area contributed by atoms with Crippen LogP contribution in [0.1, 0.15) is 61.8 Å². The van der Waals surface area contributed by atoms with E-state index in [1.807, 2.05) is 11.0 Å². The molecule has 1 atom stereocenters. The van der Waals surface area contributed by atoms with Crippen LogP contribution in [0.5, 0.6) is 0 Å². The van der Waals surface area contributed by atoms with Gasteiger partial charge in [0.1, 0.15) is 0 Å². The Kier molecular flexibility index (Phi) is 5.37. The molecule has 5 nitrogen and oxygen atoms in total. The van der Waals surface area contributed by atoms with Gasteiger partial charge in [0.15, 0.2) is 5.69 Å². The van der Waals surface area contributed by atoms with Crippen molar-refractivity contribution in [3.8, 4) is 0 Å². The first-order valence-electron chi connectivity index (χ1n) is 8.91. The van der Waals surface area contributed by atoms with Gasteiger partial charge in [-0.05, 0) is 51.1 Å². The maximum Gasteiger partial charge on any atom is 0.276 e. The van der Waals surface area contributed by atoms with E-state index < -0.39 is 0 Å². The van der Waals surface area contributed by atoms with Crippen molar-refractivity contribution in [2.24, 2.45) is 0 Å². The van der Waals surface area contributed by atoms with Crippen LogP contribution in [0.2, 0.25) is 0 Å². The number of amides is 1. The monoisotopic (exact) mass is 358 g/mol. The molecule has 1 fully saturated rings. The molecular formula is C19H26N4OS. The van der Waals surface area contributed by atoms with Crippen LogP contribution in [-0.2, 0) is 5.54 Å². The van der Waals surface area contributed by atoms with Crippen LogP contribution in [0.3, 0.4) is 0 Å². The lowest BCUT2D eigenvalue weighted by Gasteiger charge is -2.27. The molecule has 1 aliphatic rings. The van der Waals surface area contributed by atoms with Crippen molar-refractivity contribution in [2.75, 3.05) is 6.54 Å². The van der Waals surface area contributed by atoms with Crippen LogP contribution in [0.15, 0.2) is 29.8 Å². The maximum atomic E-state index is 13.0. The quantitative estimate of drug-likeness (QED) is 0.826. The molecular weight excluding hydrogens is 332 g/mol. The number of hydrogen-bond acceptors (Lipinski definition) is 4. The van der Waals surface area contributed by atoms with E-state index in [2.05, 4.69) is 54.7 Å². The van der Waals surface area contributed by atoms with E-state index in [4.69, 9.17) is 0 Å². The molecule has 1 unspecified atom stereocenters. The Morgan fingerprint density at radius 3 is 2.84 bits per heavy atom. The summed E-state index contributed by atoms with van der Waals surface area (Å²) in [6.45, 7) is 6.93.